The lowest BCUT2D eigenvalue weighted by Gasteiger charge is -2.12. The van der Waals surface area contributed by atoms with Crippen molar-refractivity contribution in [2.75, 3.05) is 13.7 Å². The summed E-state index contributed by atoms with van der Waals surface area (Å²) in [6, 6.07) is 15.2. The van der Waals surface area contributed by atoms with Gasteiger partial charge in [0.1, 0.15) is 30.5 Å². The number of carbonyl (C=O) groups is 1. The van der Waals surface area contributed by atoms with Crippen LogP contribution in [0.15, 0.2) is 66.6 Å². The summed E-state index contributed by atoms with van der Waals surface area (Å²) in [7, 11) is 1.64. The number of nitrogens with two attached hydrogens (primary N) is 1. The van der Waals surface area contributed by atoms with Crippen LogP contribution in [-0.2, 0) is 22.7 Å². The Bertz CT molecular complexity index is 1180. The van der Waals surface area contributed by atoms with Crippen molar-refractivity contribution in [3.05, 3.63) is 88.1 Å². The first-order valence-corrected chi connectivity index (χ1v) is 11.7. The smallest absolute Gasteiger partial charge is 0.339 e. The number of ether oxygens (including phenoxy) is 4. The molecule has 0 atom stereocenters. The molecule has 1 heterocycles. The minimum Gasteiger partial charge on any atom is -0.496 e. The first kappa shape index (κ1) is 24.9. The van der Waals surface area contributed by atoms with E-state index in [9.17, 15) is 4.79 Å². The van der Waals surface area contributed by atoms with E-state index in [2.05, 4.69) is 6.58 Å². The van der Waals surface area contributed by atoms with E-state index in [-0.39, 0.29) is 12.6 Å². The predicted molar refractivity (Wildman–Crippen MR) is 136 cm³/mol. The summed E-state index contributed by atoms with van der Waals surface area (Å²) in [6.45, 7) is 8.40. The second-order valence-corrected chi connectivity index (χ2v) is 8.16. The summed E-state index contributed by atoms with van der Waals surface area (Å²) in [5, 5.41) is 1.92. The minimum atomic E-state index is -0.387. The van der Waals surface area contributed by atoms with E-state index in [0.29, 0.717) is 41.5 Å². The molecule has 0 amide bonds. The van der Waals surface area contributed by atoms with Gasteiger partial charge < -0.3 is 24.7 Å². The van der Waals surface area contributed by atoms with Gasteiger partial charge in [0.15, 0.2) is 0 Å². The van der Waals surface area contributed by atoms with E-state index in [1.165, 1.54) is 11.3 Å². The molecule has 6 nitrogen and oxygen atoms in total. The summed E-state index contributed by atoms with van der Waals surface area (Å²) in [5.41, 5.74) is 9.42. The third-order valence-electron chi connectivity index (χ3n) is 5.00. The SMILES string of the molecule is C=C(N)c1c(COc2cccc(OCc3ccccc3OC)c2)csc1/C(=C\C)C(=O)OCC. The van der Waals surface area contributed by atoms with Gasteiger partial charge in [0.25, 0.3) is 0 Å². The average Bonchev–Trinajstić information content (AvgIpc) is 3.26. The number of para-hydroxylation sites is 1. The van der Waals surface area contributed by atoms with E-state index in [1.807, 2.05) is 53.9 Å². The third-order valence-corrected chi connectivity index (χ3v) is 6.07. The largest absolute Gasteiger partial charge is 0.496 e. The molecule has 0 spiro atoms. The average molecular weight is 480 g/mol. The third kappa shape index (κ3) is 5.99. The number of rotatable bonds is 11. The molecule has 178 valence electrons. The lowest BCUT2D eigenvalue weighted by atomic mass is 10.0. The molecule has 2 N–H and O–H groups in total. The minimum absolute atomic E-state index is 0.262. The summed E-state index contributed by atoms with van der Waals surface area (Å²) in [4.78, 5) is 13.1. The van der Waals surface area contributed by atoms with Gasteiger partial charge >= 0.3 is 5.97 Å². The highest BCUT2D eigenvalue weighted by molar-refractivity contribution is 7.12. The lowest BCUT2D eigenvalue weighted by Crippen LogP contribution is -2.09. The molecule has 0 saturated carbocycles. The zero-order chi connectivity index (χ0) is 24.5. The monoisotopic (exact) mass is 479 g/mol. The molecular weight excluding hydrogens is 450 g/mol. The maximum Gasteiger partial charge on any atom is 0.339 e. The summed E-state index contributed by atoms with van der Waals surface area (Å²) >= 11 is 1.41. The van der Waals surface area contributed by atoms with Crippen LogP contribution in [0.4, 0.5) is 0 Å². The maximum absolute atomic E-state index is 12.4. The lowest BCUT2D eigenvalue weighted by molar-refractivity contribution is -0.136. The van der Waals surface area contributed by atoms with Crippen LogP contribution >= 0.6 is 11.3 Å². The highest BCUT2D eigenvalue weighted by Gasteiger charge is 2.22. The molecule has 0 radical (unpaired) electrons. The second kappa shape index (κ2) is 12.0. The van der Waals surface area contributed by atoms with E-state index in [0.717, 1.165) is 21.8 Å². The first-order valence-electron chi connectivity index (χ1n) is 10.8. The van der Waals surface area contributed by atoms with Crippen LogP contribution in [0.2, 0.25) is 0 Å². The number of methoxy groups -OCH3 is 1. The van der Waals surface area contributed by atoms with Gasteiger partial charge in [-0.05, 0) is 37.4 Å². The molecule has 0 aliphatic carbocycles. The molecule has 0 bridgehead atoms. The molecule has 3 aromatic rings. The fourth-order valence-corrected chi connectivity index (χ4v) is 4.55. The van der Waals surface area contributed by atoms with E-state index in [1.54, 1.807) is 27.0 Å². The van der Waals surface area contributed by atoms with E-state index >= 15 is 0 Å². The van der Waals surface area contributed by atoms with Gasteiger partial charge in [0, 0.05) is 28.5 Å². The van der Waals surface area contributed by atoms with Crippen molar-refractivity contribution in [1.29, 1.82) is 0 Å². The summed E-state index contributed by atoms with van der Waals surface area (Å²) in [6.07, 6.45) is 1.73. The quantitative estimate of drug-likeness (QED) is 0.276. The molecule has 34 heavy (non-hydrogen) atoms. The Labute approximate surface area is 204 Å². The maximum atomic E-state index is 12.4. The molecule has 0 aliphatic heterocycles. The number of allylic oxidation sites excluding steroid dienone is 1. The second-order valence-electron chi connectivity index (χ2n) is 7.28. The normalized spacial score (nSPS) is 11.1. The number of hydrogen-bond acceptors (Lipinski definition) is 7. The van der Waals surface area contributed by atoms with Crippen LogP contribution in [-0.4, -0.2) is 19.7 Å². The molecule has 0 saturated heterocycles. The van der Waals surface area contributed by atoms with E-state index < -0.39 is 0 Å². The van der Waals surface area contributed by atoms with Crippen LogP contribution in [0, 0.1) is 0 Å². The van der Waals surface area contributed by atoms with Crippen molar-refractivity contribution in [2.45, 2.75) is 27.1 Å². The number of carbonyl (C=O) groups excluding carboxylic acids is 1. The van der Waals surface area contributed by atoms with Gasteiger partial charge in [-0.15, -0.1) is 11.3 Å². The first-order chi connectivity index (χ1) is 16.5. The van der Waals surface area contributed by atoms with Gasteiger partial charge in [-0.25, -0.2) is 4.79 Å². The fourth-order valence-electron chi connectivity index (χ4n) is 3.40. The number of hydrogen-bond donors (Lipinski definition) is 1. The van der Waals surface area contributed by atoms with E-state index in [4.69, 9.17) is 24.7 Å². The van der Waals surface area contributed by atoms with Crippen molar-refractivity contribution >= 4 is 28.6 Å². The van der Waals surface area contributed by atoms with Crippen molar-refractivity contribution in [3.63, 3.8) is 0 Å². The molecule has 0 unspecified atom stereocenters. The molecular formula is C27H29NO5S. The van der Waals surface area contributed by atoms with Crippen LogP contribution in [0.5, 0.6) is 17.2 Å². The Morgan fingerprint density at radius 1 is 1.06 bits per heavy atom. The topological polar surface area (TPSA) is 80.0 Å². The van der Waals surface area contributed by atoms with Gasteiger partial charge in [-0.3, -0.25) is 0 Å². The Morgan fingerprint density at radius 3 is 2.35 bits per heavy atom. The van der Waals surface area contributed by atoms with Crippen LogP contribution < -0.4 is 19.9 Å². The van der Waals surface area contributed by atoms with Gasteiger partial charge in [0.2, 0.25) is 0 Å². The molecule has 1 aromatic heterocycles. The number of thiophene rings is 1. The van der Waals surface area contributed by atoms with Crippen LogP contribution in [0.3, 0.4) is 0 Å². The summed E-state index contributed by atoms with van der Waals surface area (Å²) in [5.74, 6) is 1.72. The Hall–Kier alpha value is -3.71. The molecule has 7 heteroatoms. The zero-order valence-electron chi connectivity index (χ0n) is 19.6. The highest BCUT2D eigenvalue weighted by Crippen LogP contribution is 2.34. The fraction of sp³-hybridized carbons (Fsp3) is 0.222. The molecule has 3 rings (SSSR count). The molecule has 0 fully saturated rings. The van der Waals surface area contributed by atoms with Crippen molar-refractivity contribution in [2.24, 2.45) is 5.73 Å². The standard InChI is InChI=1S/C27H29NO5S/c1-5-23(27(29)31-6-2)26-25(18(3)28)20(17-34-26)16-33-22-12-9-11-21(14-22)32-15-19-10-7-8-13-24(19)30-4/h5,7-14,17H,3,6,15-16,28H2,1-2,4H3/b23-5+. The van der Waals surface area contributed by atoms with Crippen LogP contribution in [0.1, 0.15) is 35.4 Å². The zero-order valence-corrected chi connectivity index (χ0v) is 20.4. The number of esters is 1. The summed E-state index contributed by atoms with van der Waals surface area (Å²) < 4.78 is 22.5. The van der Waals surface area contributed by atoms with Crippen LogP contribution in [0.25, 0.3) is 11.3 Å². The number of benzene rings is 2. The Kier molecular flexibility index (Phi) is 8.76. The Balaban J connectivity index is 1.73. The predicted octanol–water partition coefficient (Wildman–Crippen LogP) is 5.81. The molecule has 2 aromatic carbocycles. The van der Waals surface area contributed by atoms with Gasteiger partial charge in [0.05, 0.1) is 24.2 Å². The highest BCUT2D eigenvalue weighted by atomic mass is 32.1. The van der Waals surface area contributed by atoms with Crippen molar-refractivity contribution in [3.8, 4) is 17.2 Å². The molecule has 0 aliphatic rings. The Morgan fingerprint density at radius 2 is 1.74 bits per heavy atom. The van der Waals surface area contributed by atoms with Crippen molar-refractivity contribution < 1.29 is 23.7 Å². The van der Waals surface area contributed by atoms with Gasteiger partial charge in [-0.1, -0.05) is 36.9 Å². The van der Waals surface area contributed by atoms with Gasteiger partial charge in [-0.2, -0.15) is 0 Å². The van der Waals surface area contributed by atoms with Crippen molar-refractivity contribution in [1.82, 2.24) is 0 Å².